The van der Waals surface area contributed by atoms with Gasteiger partial charge < -0.3 is 10.2 Å². The lowest BCUT2D eigenvalue weighted by molar-refractivity contribution is 0.201. The maximum Gasteiger partial charge on any atom is 0.134 e. The smallest absolute Gasteiger partial charge is 0.134 e. The predicted octanol–water partition coefficient (Wildman–Crippen LogP) is 5.87. The number of hydrogen-bond acceptors (Lipinski definition) is 4. The summed E-state index contributed by atoms with van der Waals surface area (Å²) in [5, 5.41) is 10.3. The Labute approximate surface area is 188 Å². The van der Waals surface area contributed by atoms with Gasteiger partial charge in [0.15, 0.2) is 0 Å². The van der Waals surface area contributed by atoms with Crippen molar-refractivity contribution >= 4 is 11.0 Å². The molecule has 3 aromatic carbocycles. The van der Waals surface area contributed by atoms with Gasteiger partial charge in [-0.2, -0.15) is 5.26 Å². The van der Waals surface area contributed by atoms with Crippen LogP contribution in [-0.2, 0) is 6.54 Å². The third-order valence-electron chi connectivity index (χ3n) is 6.42. The van der Waals surface area contributed by atoms with Crippen LogP contribution >= 0.6 is 0 Å². The number of aryl methyl sites for hydroxylation is 1. The minimum Gasteiger partial charge on any atom is -0.464 e. The van der Waals surface area contributed by atoms with Crippen LogP contribution in [0.15, 0.2) is 71.3 Å². The highest BCUT2D eigenvalue weighted by Crippen LogP contribution is 2.38. The van der Waals surface area contributed by atoms with E-state index in [2.05, 4.69) is 54.3 Å². The number of fused-ring (bicyclic) bond motifs is 1. The molecule has 0 bridgehead atoms. The fraction of sp³-hybridized carbons (Fsp3) is 0.250. The molecule has 0 amide bonds. The first-order valence-electron chi connectivity index (χ1n) is 11.2. The Kier molecular flexibility index (Phi) is 5.53. The molecule has 1 atom stereocenters. The standard InChI is InChI=1S/C28H27N3O/c1-19-4-8-21(9-5-19)26-14-28-27(13-25(26)22-10-6-20(15-29)7-11-22)23(18-32-28)16-31-12-2-3-24(30)17-31/h4-11,13-14,18,24H,2-3,12,16-17,30H2,1H3. The van der Waals surface area contributed by atoms with Gasteiger partial charge in [0.2, 0.25) is 0 Å². The van der Waals surface area contributed by atoms with E-state index in [1.807, 2.05) is 30.5 Å². The van der Waals surface area contributed by atoms with Crippen LogP contribution in [0.4, 0.5) is 0 Å². The van der Waals surface area contributed by atoms with E-state index in [1.54, 1.807) is 0 Å². The molecule has 1 aliphatic heterocycles. The summed E-state index contributed by atoms with van der Waals surface area (Å²) in [6, 6.07) is 23.3. The lowest BCUT2D eigenvalue weighted by atomic mass is 9.92. The van der Waals surface area contributed by atoms with Gasteiger partial charge in [-0.3, -0.25) is 4.90 Å². The summed E-state index contributed by atoms with van der Waals surface area (Å²) >= 11 is 0. The van der Waals surface area contributed by atoms with E-state index in [0.717, 1.165) is 65.7 Å². The van der Waals surface area contributed by atoms with Gasteiger partial charge in [0.25, 0.3) is 0 Å². The first kappa shape index (κ1) is 20.5. The first-order valence-corrected chi connectivity index (χ1v) is 11.2. The number of furan rings is 1. The number of benzene rings is 3. The van der Waals surface area contributed by atoms with E-state index in [9.17, 15) is 5.26 Å². The third kappa shape index (κ3) is 4.05. The van der Waals surface area contributed by atoms with E-state index in [0.29, 0.717) is 5.56 Å². The zero-order valence-corrected chi connectivity index (χ0v) is 18.3. The Hall–Kier alpha value is -3.39. The molecule has 4 heteroatoms. The summed E-state index contributed by atoms with van der Waals surface area (Å²) in [5.74, 6) is 0. The molecule has 1 fully saturated rings. The summed E-state index contributed by atoms with van der Waals surface area (Å²) < 4.78 is 6.03. The summed E-state index contributed by atoms with van der Waals surface area (Å²) in [6.45, 7) is 4.94. The van der Waals surface area contributed by atoms with Crippen LogP contribution in [0.3, 0.4) is 0 Å². The maximum absolute atomic E-state index is 9.21. The quantitative estimate of drug-likeness (QED) is 0.447. The first-order chi connectivity index (χ1) is 15.6. The molecule has 0 radical (unpaired) electrons. The fourth-order valence-corrected chi connectivity index (χ4v) is 4.66. The molecule has 1 saturated heterocycles. The second kappa shape index (κ2) is 8.63. The van der Waals surface area contributed by atoms with Gasteiger partial charge in [-0.25, -0.2) is 0 Å². The van der Waals surface area contributed by atoms with E-state index in [4.69, 9.17) is 10.2 Å². The Morgan fingerprint density at radius 3 is 2.41 bits per heavy atom. The van der Waals surface area contributed by atoms with Gasteiger partial charge in [0.1, 0.15) is 5.58 Å². The van der Waals surface area contributed by atoms with Gasteiger partial charge in [0, 0.05) is 30.1 Å². The molecule has 4 nitrogen and oxygen atoms in total. The topological polar surface area (TPSA) is 66.2 Å². The number of nitrogens with zero attached hydrogens (tertiary/aromatic N) is 2. The van der Waals surface area contributed by atoms with E-state index >= 15 is 0 Å². The van der Waals surface area contributed by atoms with Crippen LogP contribution in [0.1, 0.15) is 29.5 Å². The lowest BCUT2D eigenvalue weighted by Gasteiger charge is -2.30. The molecule has 4 aromatic rings. The van der Waals surface area contributed by atoms with Crippen LogP contribution in [0.5, 0.6) is 0 Å². The molecular weight excluding hydrogens is 394 g/mol. The van der Waals surface area contributed by atoms with Crippen LogP contribution in [0, 0.1) is 18.3 Å². The molecular formula is C28H27N3O. The van der Waals surface area contributed by atoms with Gasteiger partial charge in [-0.1, -0.05) is 42.0 Å². The second-order valence-corrected chi connectivity index (χ2v) is 8.85. The zero-order chi connectivity index (χ0) is 22.1. The minimum atomic E-state index is 0.254. The Morgan fingerprint density at radius 2 is 1.72 bits per heavy atom. The zero-order valence-electron chi connectivity index (χ0n) is 18.3. The van der Waals surface area contributed by atoms with Gasteiger partial charge in [0.05, 0.1) is 17.9 Å². The third-order valence-corrected chi connectivity index (χ3v) is 6.42. The number of hydrogen-bond donors (Lipinski definition) is 1. The molecule has 32 heavy (non-hydrogen) atoms. The molecule has 0 saturated carbocycles. The largest absolute Gasteiger partial charge is 0.464 e. The lowest BCUT2D eigenvalue weighted by Crippen LogP contribution is -2.42. The summed E-state index contributed by atoms with van der Waals surface area (Å²) in [7, 11) is 0. The van der Waals surface area contributed by atoms with Crippen molar-refractivity contribution in [3.8, 4) is 28.3 Å². The highest BCUT2D eigenvalue weighted by atomic mass is 16.3. The molecule has 0 aliphatic carbocycles. The van der Waals surface area contributed by atoms with Gasteiger partial charge in [-0.15, -0.1) is 0 Å². The number of piperidine rings is 1. The van der Waals surface area contributed by atoms with Crippen molar-refractivity contribution in [1.82, 2.24) is 4.90 Å². The number of rotatable bonds is 4. The van der Waals surface area contributed by atoms with Crippen molar-refractivity contribution in [3.63, 3.8) is 0 Å². The highest BCUT2D eigenvalue weighted by Gasteiger charge is 2.20. The van der Waals surface area contributed by atoms with Crippen molar-refractivity contribution in [3.05, 3.63) is 83.6 Å². The fourth-order valence-electron chi connectivity index (χ4n) is 4.66. The van der Waals surface area contributed by atoms with Crippen molar-refractivity contribution in [2.24, 2.45) is 5.73 Å². The summed E-state index contributed by atoms with van der Waals surface area (Å²) in [4.78, 5) is 2.42. The molecule has 1 unspecified atom stereocenters. The molecule has 5 rings (SSSR count). The molecule has 1 aliphatic rings. The van der Waals surface area contributed by atoms with E-state index in [1.165, 1.54) is 11.1 Å². The van der Waals surface area contributed by atoms with Gasteiger partial charge >= 0.3 is 0 Å². The van der Waals surface area contributed by atoms with Crippen LogP contribution in [0.25, 0.3) is 33.2 Å². The van der Waals surface area contributed by atoms with Gasteiger partial charge in [-0.05, 0) is 72.8 Å². The average Bonchev–Trinajstić information content (AvgIpc) is 3.20. The average molecular weight is 422 g/mol. The highest BCUT2D eigenvalue weighted by molar-refractivity contribution is 5.95. The number of nitriles is 1. The second-order valence-electron chi connectivity index (χ2n) is 8.85. The van der Waals surface area contributed by atoms with Crippen LogP contribution < -0.4 is 5.73 Å². The predicted molar refractivity (Wildman–Crippen MR) is 129 cm³/mol. The van der Waals surface area contributed by atoms with Crippen LogP contribution in [0.2, 0.25) is 0 Å². The van der Waals surface area contributed by atoms with Crippen molar-refractivity contribution < 1.29 is 4.42 Å². The normalized spacial score (nSPS) is 16.8. The Balaban J connectivity index is 1.61. The van der Waals surface area contributed by atoms with Crippen molar-refractivity contribution in [2.45, 2.75) is 32.4 Å². The SMILES string of the molecule is Cc1ccc(-c2cc3occ(CN4CCCC(N)C4)c3cc2-c2ccc(C#N)cc2)cc1. The molecule has 160 valence electrons. The molecule has 2 heterocycles. The summed E-state index contributed by atoms with van der Waals surface area (Å²) in [6.07, 6.45) is 4.14. The van der Waals surface area contributed by atoms with E-state index in [-0.39, 0.29) is 6.04 Å². The Bertz CT molecular complexity index is 1280. The molecule has 2 N–H and O–H groups in total. The molecule has 0 spiro atoms. The maximum atomic E-state index is 9.21. The Morgan fingerprint density at radius 1 is 1.03 bits per heavy atom. The van der Waals surface area contributed by atoms with Crippen molar-refractivity contribution in [2.75, 3.05) is 13.1 Å². The minimum absolute atomic E-state index is 0.254. The van der Waals surface area contributed by atoms with Crippen LogP contribution in [-0.4, -0.2) is 24.0 Å². The monoisotopic (exact) mass is 421 g/mol. The van der Waals surface area contributed by atoms with Crippen molar-refractivity contribution in [1.29, 1.82) is 5.26 Å². The summed E-state index contributed by atoms with van der Waals surface area (Å²) in [5.41, 5.74) is 14.7. The number of nitrogens with two attached hydrogens (primary N) is 1. The molecule has 1 aromatic heterocycles. The van der Waals surface area contributed by atoms with E-state index < -0.39 is 0 Å². The number of likely N-dealkylation sites (tertiary alicyclic amines) is 1.